The van der Waals surface area contributed by atoms with E-state index in [9.17, 15) is 4.57 Å². The van der Waals surface area contributed by atoms with E-state index in [1.54, 1.807) is 32.0 Å². The van der Waals surface area contributed by atoms with Crippen molar-refractivity contribution < 1.29 is 23.1 Å². The molecule has 1 aromatic carbocycles. The molecule has 0 atom stereocenters. The molecule has 0 amide bonds. The molecular formula is C11H15O5P. The molecule has 0 unspecified atom stereocenters. The lowest BCUT2D eigenvalue weighted by Crippen LogP contribution is -2.10. The lowest BCUT2D eigenvalue weighted by Gasteiger charge is -2.17. The zero-order chi connectivity index (χ0) is 12.3. The monoisotopic (exact) mass is 258 g/mol. The Labute approximate surface area is 100 Å². The second kappa shape index (κ2) is 5.08. The van der Waals surface area contributed by atoms with Gasteiger partial charge in [-0.3, -0.25) is 4.57 Å². The summed E-state index contributed by atoms with van der Waals surface area (Å²) >= 11 is 0. The van der Waals surface area contributed by atoms with Gasteiger partial charge in [0.25, 0.3) is 0 Å². The van der Waals surface area contributed by atoms with Crippen LogP contribution >= 0.6 is 7.60 Å². The van der Waals surface area contributed by atoms with Crippen molar-refractivity contribution in [1.82, 2.24) is 0 Å². The minimum absolute atomic E-state index is 0.187. The number of rotatable bonds is 5. The average molecular weight is 258 g/mol. The smallest absolute Gasteiger partial charge is 0.361 e. The Morgan fingerprint density at radius 1 is 1.18 bits per heavy atom. The Morgan fingerprint density at radius 2 is 1.82 bits per heavy atom. The summed E-state index contributed by atoms with van der Waals surface area (Å²) in [6.07, 6.45) is 0. The summed E-state index contributed by atoms with van der Waals surface area (Å²) in [5.74, 6) is 1.22. The van der Waals surface area contributed by atoms with Gasteiger partial charge in [-0.15, -0.1) is 0 Å². The molecule has 1 heterocycles. The zero-order valence-electron chi connectivity index (χ0n) is 9.84. The Morgan fingerprint density at radius 3 is 2.47 bits per heavy atom. The fourth-order valence-corrected chi connectivity index (χ4v) is 3.17. The lowest BCUT2D eigenvalue weighted by atomic mass is 10.3. The van der Waals surface area contributed by atoms with E-state index in [0.29, 0.717) is 30.0 Å². The molecule has 1 aromatic rings. The van der Waals surface area contributed by atoms with E-state index in [4.69, 9.17) is 18.5 Å². The third-order valence-electron chi connectivity index (χ3n) is 2.27. The Hall–Kier alpha value is -1.03. The van der Waals surface area contributed by atoms with Crippen molar-refractivity contribution >= 4 is 12.9 Å². The van der Waals surface area contributed by atoms with Crippen molar-refractivity contribution in [2.45, 2.75) is 13.8 Å². The highest BCUT2D eigenvalue weighted by atomic mass is 31.2. The standard InChI is InChI=1S/C11H15O5P/c1-3-15-17(12,16-4-2)9-5-6-10-11(7-9)14-8-13-10/h5-7H,3-4,8H2,1-2H3. The van der Waals surface area contributed by atoms with Crippen molar-refractivity contribution in [3.8, 4) is 11.5 Å². The van der Waals surface area contributed by atoms with Crippen molar-refractivity contribution in [3.05, 3.63) is 18.2 Å². The first-order chi connectivity index (χ1) is 8.19. The predicted octanol–water partition coefficient (Wildman–Crippen LogP) is 2.31. The second-order valence-electron chi connectivity index (χ2n) is 3.37. The summed E-state index contributed by atoms with van der Waals surface area (Å²) in [5.41, 5.74) is 0. The zero-order valence-corrected chi connectivity index (χ0v) is 10.7. The molecule has 5 nitrogen and oxygen atoms in total. The molecule has 0 spiro atoms. The van der Waals surface area contributed by atoms with Crippen LogP contribution in [0.1, 0.15) is 13.8 Å². The first kappa shape index (κ1) is 12.4. The fraction of sp³-hybridized carbons (Fsp3) is 0.455. The van der Waals surface area contributed by atoms with Crippen molar-refractivity contribution in [2.24, 2.45) is 0 Å². The normalized spacial score (nSPS) is 14.0. The molecule has 0 saturated heterocycles. The SMILES string of the molecule is CCOP(=O)(OCC)c1ccc2c(c1)OCO2. The minimum Gasteiger partial charge on any atom is -0.454 e. The fourth-order valence-electron chi connectivity index (χ4n) is 1.58. The molecule has 1 aliphatic rings. The summed E-state index contributed by atoms with van der Waals surface area (Å²) in [7, 11) is -3.24. The molecule has 0 aromatic heterocycles. The lowest BCUT2D eigenvalue weighted by molar-refractivity contribution is 0.174. The van der Waals surface area contributed by atoms with Gasteiger partial charge in [0.15, 0.2) is 11.5 Å². The van der Waals surface area contributed by atoms with Crippen LogP contribution in [0.4, 0.5) is 0 Å². The number of hydrogen-bond acceptors (Lipinski definition) is 5. The van der Waals surface area contributed by atoms with Crippen molar-refractivity contribution in [1.29, 1.82) is 0 Å². The molecule has 2 rings (SSSR count). The summed E-state index contributed by atoms with van der Waals surface area (Å²) < 4.78 is 33.4. The van der Waals surface area contributed by atoms with Crippen LogP contribution < -0.4 is 14.8 Å². The molecule has 6 heteroatoms. The van der Waals surface area contributed by atoms with Crippen LogP contribution in [0.3, 0.4) is 0 Å². The van der Waals surface area contributed by atoms with Gasteiger partial charge in [0.2, 0.25) is 6.79 Å². The number of fused-ring (bicyclic) bond motifs is 1. The van der Waals surface area contributed by atoms with E-state index in [-0.39, 0.29) is 6.79 Å². The van der Waals surface area contributed by atoms with E-state index in [1.165, 1.54) is 0 Å². The molecule has 0 bridgehead atoms. The van der Waals surface area contributed by atoms with E-state index < -0.39 is 7.60 Å². The molecule has 1 aliphatic heterocycles. The van der Waals surface area contributed by atoms with E-state index in [0.717, 1.165) is 0 Å². The van der Waals surface area contributed by atoms with Crippen LogP contribution in [0.2, 0.25) is 0 Å². The molecule has 0 radical (unpaired) electrons. The molecule has 0 N–H and O–H groups in total. The summed E-state index contributed by atoms with van der Waals surface area (Å²) in [4.78, 5) is 0. The van der Waals surface area contributed by atoms with Gasteiger partial charge in [-0.05, 0) is 32.0 Å². The van der Waals surface area contributed by atoms with E-state index in [2.05, 4.69) is 0 Å². The quantitative estimate of drug-likeness (QED) is 0.758. The first-order valence-electron chi connectivity index (χ1n) is 5.49. The summed E-state index contributed by atoms with van der Waals surface area (Å²) in [6, 6.07) is 5.04. The summed E-state index contributed by atoms with van der Waals surface area (Å²) in [5, 5.41) is 0.491. The van der Waals surface area contributed by atoms with Crippen LogP contribution in [0, 0.1) is 0 Å². The van der Waals surface area contributed by atoms with Crippen LogP contribution in [0.15, 0.2) is 18.2 Å². The highest BCUT2D eigenvalue weighted by Crippen LogP contribution is 2.48. The third kappa shape index (κ3) is 2.46. The largest absolute Gasteiger partial charge is 0.454 e. The first-order valence-corrected chi connectivity index (χ1v) is 7.03. The van der Waals surface area contributed by atoms with Gasteiger partial charge in [0.1, 0.15) is 0 Å². The van der Waals surface area contributed by atoms with Crippen LogP contribution in [-0.4, -0.2) is 20.0 Å². The van der Waals surface area contributed by atoms with Crippen molar-refractivity contribution in [2.75, 3.05) is 20.0 Å². The van der Waals surface area contributed by atoms with Gasteiger partial charge in [-0.2, -0.15) is 0 Å². The minimum atomic E-state index is -3.24. The molecule has 0 saturated carbocycles. The molecule has 94 valence electrons. The second-order valence-corrected chi connectivity index (χ2v) is 5.40. The Bertz CT molecular complexity index is 435. The highest BCUT2D eigenvalue weighted by molar-refractivity contribution is 7.62. The topological polar surface area (TPSA) is 54.0 Å². The maximum Gasteiger partial charge on any atom is 0.361 e. The van der Waals surface area contributed by atoms with E-state index in [1.807, 2.05) is 0 Å². The average Bonchev–Trinajstić information content (AvgIpc) is 2.76. The van der Waals surface area contributed by atoms with Gasteiger partial charge in [-0.1, -0.05) is 0 Å². The Balaban J connectivity index is 2.33. The number of benzene rings is 1. The molecule has 17 heavy (non-hydrogen) atoms. The van der Waals surface area contributed by atoms with Gasteiger partial charge >= 0.3 is 7.60 Å². The predicted molar refractivity (Wildman–Crippen MR) is 63.1 cm³/mol. The maximum absolute atomic E-state index is 12.5. The highest BCUT2D eigenvalue weighted by Gasteiger charge is 2.28. The van der Waals surface area contributed by atoms with Gasteiger partial charge < -0.3 is 18.5 Å². The van der Waals surface area contributed by atoms with Gasteiger partial charge in [0, 0.05) is 0 Å². The number of ether oxygens (including phenoxy) is 2. The third-order valence-corrected chi connectivity index (χ3v) is 4.38. The van der Waals surface area contributed by atoms with Gasteiger partial charge in [-0.25, -0.2) is 0 Å². The van der Waals surface area contributed by atoms with Crippen molar-refractivity contribution in [3.63, 3.8) is 0 Å². The molecule has 0 fully saturated rings. The van der Waals surface area contributed by atoms with Gasteiger partial charge in [0.05, 0.1) is 18.5 Å². The summed E-state index contributed by atoms with van der Waals surface area (Å²) in [6.45, 7) is 4.39. The van der Waals surface area contributed by atoms with Crippen LogP contribution in [0.5, 0.6) is 11.5 Å². The van der Waals surface area contributed by atoms with E-state index >= 15 is 0 Å². The molecular weight excluding hydrogens is 243 g/mol. The van der Waals surface area contributed by atoms with Crippen LogP contribution in [-0.2, 0) is 13.6 Å². The molecule has 0 aliphatic carbocycles. The number of hydrogen-bond donors (Lipinski definition) is 0. The maximum atomic E-state index is 12.5. The van der Waals surface area contributed by atoms with Crippen LogP contribution in [0.25, 0.3) is 0 Å². The Kier molecular flexibility index (Phi) is 3.72.